The molecule has 5 nitrogen and oxygen atoms in total. The highest BCUT2D eigenvalue weighted by Crippen LogP contribution is 2.11. The molecular weight excluding hydrogens is 268 g/mol. The van der Waals surface area contributed by atoms with E-state index in [1.807, 2.05) is 12.1 Å². The molecule has 0 aliphatic rings. The Morgan fingerprint density at radius 3 is 2.71 bits per heavy atom. The summed E-state index contributed by atoms with van der Waals surface area (Å²) in [5, 5.41) is 3.03. The summed E-state index contributed by atoms with van der Waals surface area (Å²) in [6.07, 6.45) is 1.58. The normalized spacial score (nSPS) is 10.2. The van der Waals surface area contributed by atoms with Crippen LogP contribution in [0.25, 0.3) is 0 Å². The maximum Gasteiger partial charge on any atom is 0.242 e. The highest BCUT2D eigenvalue weighted by Gasteiger charge is 2.10. The molecule has 0 saturated carbocycles. The number of carbonyl (C=O) groups is 2. The highest BCUT2D eigenvalue weighted by atomic mass is 16.3. The lowest BCUT2D eigenvalue weighted by molar-refractivity contribution is -0.128. The smallest absolute Gasteiger partial charge is 0.242 e. The summed E-state index contributed by atoms with van der Waals surface area (Å²) in [7, 11) is 1.72. The van der Waals surface area contributed by atoms with Crippen molar-refractivity contribution in [2.75, 3.05) is 18.9 Å². The number of rotatable bonds is 6. The van der Waals surface area contributed by atoms with Crippen molar-refractivity contribution in [2.24, 2.45) is 0 Å². The van der Waals surface area contributed by atoms with Crippen LogP contribution in [-0.2, 0) is 11.3 Å². The van der Waals surface area contributed by atoms with Gasteiger partial charge < -0.3 is 14.6 Å². The first-order chi connectivity index (χ1) is 10.1. The van der Waals surface area contributed by atoms with Crippen molar-refractivity contribution in [2.45, 2.75) is 13.5 Å². The first kappa shape index (κ1) is 14.8. The fourth-order valence-electron chi connectivity index (χ4n) is 1.89. The minimum absolute atomic E-state index is 0.0000797. The van der Waals surface area contributed by atoms with E-state index < -0.39 is 0 Å². The minimum atomic E-state index is -0.0559. The molecule has 1 N–H and O–H groups in total. The molecule has 1 aromatic heterocycles. The van der Waals surface area contributed by atoms with Crippen molar-refractivity contribution in [3.8, 4) is 0 Å². The lowest BCUT2D eigenvalue weighted by Crippen LogP contribution is -2.31. The third-order valence-electron chi connectivity index (χ3n) is 3.11. The van der Waals surface area contributed by atoms with E-state index in [4.69, 9.17) is 4.42 Å². The number of amides is 1. The Morgan fingerprint density at radius 2 is 2.05 bits per heavy atom. The molecule has 0 unspecified atom stereocenters. The van der Waals surface area contributed by atoms with Gasteiger partial charge in [0.15, 0.2) is 5.78 Å². The Bertz CT molecular complexity index is 620. The number of furan rings is 1. The van der Waals surface area contributed by atoms with Crippen LogP contribution < -0.4 is 5.32 Å². The molecule has 110 valence electrons. The lowest BCUT2D eigenvalue weighted by atomic mass is 10.1. The van der Waals surface area contributed by atoms with Gasteiger partial charge in [0.25, 0.3) is 0 Å². The second-order valence-electron chi connectivity index (χ2n) is 4.82. The summed E-state index contributed by atoms with van der Waals surface area (Å²) in [4.78, 5) is 24.9. The van der Waals surface area contributed by atoms with Crippen molar-refractivity contribution in [3.05, 3.63) is 54.0 Å². The van der Waals surface area contributed by atoms with Gasteiger partial charge in [-0.15, -0.1) is 0 Å². The first-order valence-corrected chi connectivity index (χ1v) is 6.67. The fourth-order valence-corrected chi connectivity index (χ4v) is 1.89. The fraction of sp³-hybridized carbons (Fsp3) is 0.250. The third kappa shape index (κ3) is 4.21. The molecule has 2 rings (SSSR count). The number of nitrogens with one attached hydrogen (secondary N) is 1. The number of hydrogen-bond donors (Lipinski definition) is 1. The van der Waals surface area contributed by atoms with Gasteiger partial charge in [-0.25, -0.2) is 0 Å². The van der Waals surface area contributed by atoms with E-state index in [9.17, 15) is 9.59 Å². The number of likely N-dealkylation sites (N-methyl/N-ethyl adjacent to an activating group) is 1. The van der Waals surface area contributed by atoms with Crippen LogP contribution in [0.1, 0.15) is 23.0 Å². The quantitative estimate of drug-likeness (QED) is 0.829. The van der Waals surface area contributed by atoms with Gasteiger partial charge in [-0.05, 0) is 31.2 Å². The van der Waals surface area contributed by atoms with Gasteiger partial charge in [0, 0.05) is 18.3 Å². The van der Waals surface area contributed by atoms with E-state index in [-0.39, 0.29) is 18.2 Å². The Balaban J connectivity index is 1.88. The average Bonchev–Trinajstić information content (AvgIpc) is 2.97. The number of anilines is 1. The maximum atomic E-state index is 12.0. The zero-order valence-corrected chi connectivity index (χ0v) is 12.1. The number of hydrogen-bond acceptors (Lipinski definition) is 4. The summed E-state index contributed by atoms with van der Waals surface area (Å²) in [5.41, 5.74) is 1.37. The number of ketones is 1. The molecule has 0 atom stereocenters. The molecule has 5 heteroatoms. The number of benzene rings is 1. The number of nitrogens with zero attached hydrogens (tertiary/aromatic N) is 1. The SMILES string of the molecule is CC(=O)c1cccc(NCC(=O)N(C)Cc2ccco2)c1. The highest BCUT2D eigenvalue weighted by molar-refractivity contribution is 5.95. The molecule has 0 saturated heterocycles. The molecule has 21 heavy (non-hydrogen) atoms. The van der Waals surface area contributed by atoms with Gasteiger partial charge in [0.1, 0.15) is 5.76 Å². The molecule has 0 aliphatic heterocycles. The van der Waals surface area contributed by atoms with Crippen LogP contribution in [0.3, 0.4) is 0 Å². The van der Waals surface area contributed by atoms with Crippen molar-refractivity contribution in [1.82, 2.24) is 4.90 Å². The van der Waals surface area contributed by atoms with E-state index >= 15 is 0 Å². The Kier molecular flexibility index (Phi) is 4.77. The third-order valence-corrected chi connectivity index (χ3v) is 3.11. The van der Waals surface area contributed by atoms with Gasteiger partial charge in [0.05, 0.1) is 19.4 Å². The Hall–Kier alpha value is -2.56. The van der Waals surface area contributed by atoms with Crippen LogP contribution in [0.2, 0.25) is 0 Å². The molecule has 0 bridgehead atoms. The molecule has 2 aromatic rings. The van der Waals surface area contributed by atoms with Crippen LogP contribution in [-0.4, -0.2) is 30.2 Å². The van der Waals surface area contributed by atoms with E-state index in [2.05, 4.69) is 5.32 Å². The van der Waals surface area contributed by atoms with Crippen LogP contribution in [0, 0.1) is 0 Å². The average molecular weight is 286 g/mol. The van der Waals surface area contributed by atoms with Gasteiger partial charge in [-0.3, -0.25) is 9.59 Å². The minimum Gasteiger partial charge on any atom is -0.467 e. The van der Waals surface area contributed by atoms with E-state index in [1.54, 1.807) is 42.5 Å². The van der Waals surface area contributed by atoms with Crippen LogP contribution in [0.5, 0.6) is 0 Å². The summed E-state index contributed by atoms with van der Waals surface area (Å²) in [5.74, 6) is 0.684. The summed E-state index contributed by atoms with van der Waals surface area (Å²) in [6, 6.07) is 10.7. The molecule has 0 radical (unpaired) electrons. The monoisotopic (exact) mass is 286 g/mol. The standard InChI is InChI=1S/C16H18N2O3/c1-12(19)13-5-3-6-14(9-13)17-10-16(20)18(2)11-15-7-4-8-21-15/h3-9,17H,10-11H2,1-2H3. The topological polar surface area (TPSA) is 62.6 Å². The summed E-state index contributed by atoms with van der Waals surface area (Å²) in [6.45, 7) is 2.11. The molecule has 0 spiro atoms. The Morgan fingerprint density at radius 1 is 1.24 bits per heavy atom. The zero-order valence-electron chi connectivity index (χ0n) is 12.1. The number of Topliss-reactive ketones (excluding diaryl/α,β-unsaturated/α-hetero) is 1. The van der Waals surface area contributed by atoms with Gasteiger partial charge in [-0.2, -0.15) is 0 Å². The lowest BCUT2D eigenvalue weighted by Gasteiger charge is -2.16. The van der Waals surface area contributed by atoms with Crippen LogP contribution in [0.4, 0.5) is 5.69 Å². The predicted molar refractivity (Wildman–Crippen MR) is 80.1 cm³/mol. The largest absolute Gasteiger partial charge is 0.467 e. The zero-order chi connectivity index (χ0) is 15.2. The van der Waals surface area contributed by atoms with Crippen molar-refractivity contribution >= 4 is 17.4 Å². The van der Waals surface area contributed by atoms with E-state index in [0.717, 1.165) is 11.4 Å². The Labute approximate surface area is 123 Å². The molecular formula is C16H18N2O3. The van der Waals surface area contributed by atoms with Crippen molar-refractivity contribution in [1.29, 1.82) is 0 Å². The van der Waals surface area contributed by atoms with Gasteiger partial charge in [-0.1, -0.05) is 12.1 Å². The van der Waals surface area contributed by atoms with Gasteiger partial charge >= 0.3 is 0 Å². The second-order valence-corrected chi connectivity index (χ2v) is 4.82. The molecule has 1 aromatic carbocycles. The van der Waals surface area contributed by atoms with Crippen molar-refractivity contribution < 1.29 is 14.0 Å². The molecule has 0 fully saturated rings. The van der Waals surface area contributed by atoms with E-state index in [1.165, 1.54) is 6.92 Å². The summed E-state index contributed by atoms with van der Waals surface area (Å²) >= 11 is 0. The second kappa shape index (κ2) is 6.74. The van der Waals surface area contributed by atoms with Gasteiger partial charge in [0.2, 0.25) is 5.91 Å². The number of carbonyl (C=O) groups excluding carboxylic acids is 2. The molecule has 0 aliphatic carbocycles. The molecule has 1 amide bonds. The van der Waals surface area contributed by atoms with Crippen molar-refractivity contribution in [3.63, 3.8) is 0 Å². The summed E-state index contributed by atoms with van der Waals surface area (Å²) < 4.78 is 5.21. The van der Waals surface area contributed by atoms with Crippen LogP contribution in [0.15, 0.2) is 47.1 Å². The first-order valence-electron chi connectivity index (χ1n) is 6.67. The predicted octanol–water partition coefficient (Wildman–Crippen LogP) is 2.55. The van der Waals surface area contributed by atoms with E-state index in [0.29, 0.717) is 12.1 Å². The molecule has 1 heterocycles. The van der Waals surface area contributed by atoms with Crippen LogP contribution >= 0.6 is 0 Å². The maximum absolute atomic E-state index is 12.0.